The molecule has 0 heterocycles. The molecule has 0 aromatic heterocycles. The van der Waals surface area contributed by atoms with Gasteiger partial charge in [-0.2, -0.15) is 0 Å². The molecular formula is C24H31Cl2NO3S. The number of sulfone groups is 1. The van der Waals surface area contributed by atoms with Gasteiger partial charge in [-0.25, -0.2) is 8.42 Å². The smallest absolute Gasteiger partial charge is 0.150 e. The van der Waals surface area contributed by atoms with Gasteiger partial charge in [0.15, 0.2) is 9.84 Å². The van der Waals surface area contributed by atoms with Gasteiger partial charge in [0.05, 0.1) is 18.1 Å². The van der Waals surface area contributed by atoms with Gasteiger partial charge in [0, 0.05) is 17.0 Å². The van der Waals surface area contributed by atoms with Crippen molar-refractivity contribution in [1.29, 1.82) is 0 Å². The van der Waals surface area contributed by atoms with Crippen LogP contribution in [0.4, 0.5) is 0 Å². The van der Waals surface area contributed by atoms with Crippen LogP contribution in [-0.2, 0) is 22.7 Å². The Morgan fingerprint density at radius 2 is 1.81 bits per heavy atom. The molecule has 2 atom stereocenters. The average molecular weight is 484 g/mol. The molecule has 2 unspecified atom stereocenters. The summed E-state index contributed by atoms with van der Waals surface area (Å²) in [5.74, 6) is 1.98. The number of ether oxygens (including phenoxy) is 1. The van der Waals surface area contributed by atoms with Crippen molar-refractivity contribution in [3.05, 3.63) is 64.2 Å². The lowest BCUT2D eigenvalue weighted by atomic mass is 9.76. The molecule has 0 radical (unpaired) electrons. The molecule has 2 aromatic carbocycles. The van der Waals surface area contributed by atoms with Gasteiger partial charge in [-0.3, -0.25) is 0 Å². The van der Waals surface area contributed by atoms with E-state index in [4.69, 9.17) is 22.1 Å². The maximum Gasteiger partial charge on any atom is 0.150 e. The van der Waals surface area contributed by atoms with Crippen LogP contribution in [0.2, 0.25) is 5.02 Å². The molecule has 31 heavy (non-hydrogen) atoms. The van der Waals surface area contributed by atoms with E-state index in [2.05, 4.69) is 24.3 Å². The molecule has 0 saturated heterocycles. The van der Waals surface area contributed by atoms with Gasteiger partial charge in [-0.05, 0) is 85.4 Å². The minimum Gasteiger partial charge on any atom is -0.494 e. The Morgan fingerprint density at radius 1 is 1.06 bits per heavy atom. The molecule has 0 aliphatic heterocycles. The van der Waals surface area contributed by atoms with Crippen LogP contribution >= 0.6 is 24.0 Å². The summed E-state index contributed by atoms with van der Waals surface area (Å²) in [4.78, 5) is 0. The Labute approximate surface area is 196 Å². The zero-order valence-electron chi connectivity index (χ0n) is 17.6. The summed E-state index contributed by atoms with van der Waals surface area (Å²) in [6, 6.07) is 14.3. The predicted molar refractivity (Wildman–Crippen MR) is 129 cm³/mol. The van der Waals surface area contributed by atoms with Crippen LogP contribution in [-0.4, -0.2) is 32.6 Å². The van der Waals surface area contributed by atoms with Gasteiger partial charge in [-0.1, -0.05) is 29.8 Å². The normalized spacial score (nSPS) is 20.6. The van der Waals surface area contributed by atoms with Crippen LogP contribution in [0.5, 0.6) is 5.75 Å². The number of benzene rings is 2. The zero-order chi connectivity index (χ0) is 21.1. The fraction of sp³-hybridized carbons (Fsp3) is 0.500. The third-order valence-electron chi connectivity index (χ3n) is 6.20. The number of aryl methyl sites for hydroxylation is 1. The molecule has 0 amide bonds. The van der Waals surface area contributed by atoms with Crippen LogP contribution in [0, 0.1) is 5.92 Å². The van der Waals surface area contributed by atoms with Gasteiger partial charge in [0.1, 0.15) is 5.75 Å². The molecule has 4 rings (SSSR count). The fourth-order valence-electron chi connectivity index (χ4n) is 4.32. The fourth-order valence-corrected chi connectivity index (χ4v) is 6.22. The van der Waals surface area contributed by atoms with Crippen molar-refractivity contribution in [2.45, 2.75) is 50.5 Å². The van der Waals surface area contributed by atoms with Crippen molar-refractivity contribution >= 4 is 33.8 Å². The summed E-state index contributed by atoms with van der Waals surface area (Å²) in [6.07, 6.45) is 5.47. The lowest BCUT2D eigenvalue weighted by molar-refractivity contribution is 0.316. The molecule has 0 bridgehead atoms. The van der Waals surface area contributed by atoms with E-state index in [9.17, 15) is 8.42 Å². The highest BCUT2D eigenvalue weighted by molar-refractivity contribution is 7.91. The Hall–Kier alpha value is -1.27. The molecule has 0 spiro atoms. The second kappa shape index (κ2) is 10.6. The van der Waals surface area contributed by atoms with Crippen molar-refractivity contribution in [2.24, 2.45) is 11.7 Å². The third kappa shape index (κ3) is 6.85. The molecule has 170 valence electrons. The molecule has 1 fully saturated rings. The summed E-state index contributed by atoms with van der Waals surface area (Å²) in [5, 5.41) is 0.738. The largest absolute Gasteiger partial charge is 0.494 e. The highest BCUT2D eigenvalue weighted by atomic mass is 35.5. The Balaban J connectivity index is 0.00000272. The molecule has 7 heteroatoms. The van der Waals surface area contributed by atoms with Gasteiger partial charge in [0.25, 0.3) is 0 Å². The van der Waals surface area contributed by atoms with Gasteiger partial charge < -0.3 is 10.5 Å². The van der Waals surface area contributed by atoms with E-state index in [0.29, 0.717) is 24.7 Å². The molecule has 2 aromatic rings. The van der Waals surface area contributed by atoms with E-state index in [1.807, 2.05) is 18.2 Å². The summed E-state index contributed by atoms with van der Waals surface area (Å²) in [7, 11) is -2.95. The number of halogens is 2. The molecule has 2 aliphatic rings. The Bertz CT molecular complexity index is 975. The first kappa shape index (κ1) is 24.4. The lowest BCUT2D eigenvalue weighted by Gasteiger charge is -2.32. The first-order valence-corrected chi connectivity index (χ1v) is 13.1. The van der Waals surface area contributed by atoms with Crippen molar-refractivity contribution in [3.63, 3.8) is 0 Å². The minimum atomic E-state index is -2.95. The van der Waals surface area contributed by atoms with E-state index in [0.717, 1.165) is 42.9 Å². The SMILES string of the molecule is Cl.NC1CCc2ccc(OCCCS(=O)(=O)CC3CC3)cc2C1Cc1ccc(Cl)cc1. The number of hydrogen-bond acceptors (Lipinski definition) is 4. The minimum absolute atomic E-state index is 0. The Kier molecular flexibility index (Phi) is 8.31. The number of hydrogen-bond donors (Lipinski definition) is 1. The third-order valence-corrected chi connectivity index (χ3v) is 8.35. The van der Waals surface area contributed by atoms with E-state index in [1.165, 1.54) is 16.7 Å². The zero-order valence-corrected chi connectivity index (χ0v) is 20.0. The maximum atomic E-state index is 12.1. The van der Waals surface area contributed by atoms with Crippen LogP contribution in [0.25, 0.3) is 0 Å². The van der Waals surface area contributed by atoms with Crippen molar-refractivity contribution in [2.75, 3.05) is 18.1 Å². The Morgan fingerprint density at radius 3 is 2.52 bits per heavy atom. The van der Waals surface area contributed by atoms with E-state index in [1.54, 1.807) is 0 Å². The molecule has 2 aliphatic carbocycles. The number of nitrogens with two attached hydrogens (primary N) is 1. The highest BCUT2D eigenvalue weighted by Gasteiger charge is 2.28. The molecular weight excluding hydrogens is 453 g/mol. The van der Waals surface area contributed by atoms with Crippen LogP contribution in [0.15, 0.2) is 42.5 Å². The standard InChI is InChI=1S/C24H30ClNO3S.ClH/c25-20-8-4-17(5-9-20)14-23-22-15-21(10-6-19(22)7-11-24(23)26)29-12-1-13-30(27,28)16-18-2-3-18;/h4-6,8-10,15,18,23-24H,1-3,7,11-14,16,26H2;1H. The second-order valence-electron chi connectivity index (χ2n) is 8.76. The van der Waals surface area contributed by atoms with E-state index < -0.39 is 9.84 Å². The van der Waals surface area contributed by atoms with Crippen molar-refractivity contribution < 1.29 is 13.2 Å². The average Bonchev–Trinajstić information content (AvgIpc) is 3.52. The maximum absolute atomic E-state index is 12.1. The summed E-state index contributed by atoms with van der Waals surface area (Å²) < 4.78 is 30.1. The summed E-state index contributed by atoms with van der Waals surface area (Å²) in [6.45, 7) is 0.413. The topological polar surface area (TPSA) is 69.4 Å². The van der Waals surface area contributed by atoms with Crippen LogP contribution in [0.3, 0.4) is 0 Å². The highest BCUT2D eigenvalue weighted by Crippen LogP contribution is 2.36. The molecule has 2 N–H and O–H groups in total. The first-order chi connectivity index (χ1) is 14.4. The quantitative estimate of drug-likeness (QED) is 0.511. The summed E-state index contributed by atoms with van der Waals surface area (Å²) in [5.41, 5.74) is 10.3. The van der Waals surface area contributed by atoms with E-state index in [-0.39, 0.29) is 30.1 Å². The van der Waals surface area contributed by atoms with Crippen molar-refractivity contribution in [3.8, 4) is 5.75 Å². The number of fused-ring (bicyclic) bond motifs is 1. The van der Waals surface area contributed by atoms with Crippen molar-refractivity contribution in [1.82, 2.24) is 0 Å². The van der Waals surface area contributed by atoms with Crippen LogP contribution in [0.1, 0.15) is 48.3 Å². The predicted octanol–water partition coefficient (Wildman–Crippen LogP) is 4.96. The van der Waals surface area contributed by atoms with Gasteiger partial charge in [-0.15, -0.1) is 12.4 Å². The van der Waals surface area contributed by atoms with Gasteiger partial charge in [0.2, 0.25) is 0 Å². The monoisotopic (exact) mass is 483 g/mol. The van der Waals surface area contributed by atoms with Crippen LogP contribution < -0.4 is 10.5 Å². The first-order valence-electron chi connectivity index (χ1n) is 10.9. The second-order valence-corrected chi connectivity index (χ2v) is 11.4. The lowest BCUT2D eigenvalue weighted by Crippen LogP contribution is -2.34. The summed E-state index contributed by atoms with van der Waals surface area (Å²) >= 11 is 6.02. The van der Waals surface area contributed by atoms with E-state index >= 15 is 0 Å². The molecule has 4 nitrogen and oxygen atoms in total. The van der Waals surface area contributed by atoms with Gasteiger partial charge >= 0.3 is 0 Å². The molecule has 1 saturated carbocycles. The number of rotatable bonds is 9.